The number of benzene rings is 1. The van der Waals surface area contributed by atoms with Gasteiger partial charge in [0.2, 0.25) is 11.1 Å². The Labute approximate surface area is 193 Å². The molecular formula is C23H32N4O4S. The topological polar surface area (TPSA) is 87.5 Å². The molecule has 1 aromatic carbocycles. The van der Waals surface area contributed by atoms with Crippen molar-refractivity contribution < 1.29 is 19.0 Å². The number of methoxy groups -OCH3 is 2. The predicted octanol–water partition coefficient (Wildman–Crippen LogP) is 4.82. The van der Waals surface area contributed by atoms with Crippen LogP contribution in [0.4, 0.5) is 5.95 Å². The molecule has 0 saturated carbocycles. The van der Waals surface area contributed by atoms with E-state index in [0.29, 0.717) is 40.5 Å². The zero-order valence-corrected chi connectivity index (χ0v) is 20.3. The van der Waals surface area contributed by atoms with Gasteiger partial charge in [-0.3, -0.25) is 0 Å². The van der Waals surface area contributed by atoms with Crippen molar-refractivity contribution in [2.24, 2.45) is 0 Å². The van der Waals surface area contributed by atoms with Crippen LogP contribution in [-0.4, -0.2) is 47.3 Å². The predicted molar refractivity (Wildman–Crippen MR) is 126 cm³/mol. The van der Waals surface area contributed by atoms with E-state index in [-0.39, 0.29) is 0 Å². The second-order valence-corrected chi connectivity index (χ2v) is 8.70. The molecule has 0 radical (unpaired) electrons. The Morgan fingerprint density at radius 2 is 2.00 bits per heavy atom. The van der Waals surface area contributed by atoms with Gasteiger partial charge in [0.1, 0.15) is 6.04 Å². The lowest BCUT2D eigenvalue weighted by molar-refractivity contribution is -0.136. The van der Waals surface area contributed by atoms with Gasteiger partial charge < -0.3 is 19.5 Å². The van der Waals surface area contributed by atoms with E-state index in [1.54, 1.807) is 23.6 Å². The highest BCUT2D eigenvalue weighted by atomic mass is 32.2. The smallest absolute Gasteiger partial charge is 0.338 e. The van der Waals surface area contributed by atoms with Crippen molar-refractivity contribution in [1.82, 2.24) is 14.8 Å². The third-order valence-corrected chi connectivity index (χ3v) is 5.99. The van der Waals surface area contributed by atoms with Crippen LogP contribution in [-0.2, 0) is 9.53 Å². The number of esters is 1. The maximum atomic E-state index is 12.7. The molecule has 8 nitrogen and oxygen atoms in total. The minimum absolute atomic E-state index is 0.416. The number of hydrogen-bond donors (Lipinski definition) is 1. The van der Waals surface area contributed by atoms with Crippen LogP contribution in [0.2, 0.25) is 0 Å². The van der Waals surface area contributed by atoms with Gasteiger partial charge in [-0.1, -0.05) is 50.9 Å². The van der Waals surface area contributed by atoms with Gasteiger partial charge in [0.05, 0.1) is 26.4 Å². The van der Waals surface area contributed by atoms with Crippen LogP contribution >= 0.6 is 11.8 Å². The third-order valence-electron chi connectivity index (χ3n) is 5.27. The zero-order valence-electron chi connectivity index (χ0n) is 19.4. The van der Waals surface area contributed by atoms with Gasteiger partial charge in [-0.2, -0.15) is 4.98 Å². The summed E-state index contributed by atoms with van der Waals surface area (Å²) in [7, 11) is 3.00. The number of carbonyl (C=O) groups excluding carboxylic acids is 1. The molecule has 0 fully saturated rings. The summed E-state index contributed by atoms with van der Waals surface area (Å²) in [6.07, 6.45) is 4.54. The van der Waals surface area contributed by atoms with Crippen molar-refractivity contribution >= 4 is 23.7 Å². The van der Waals surface area contributed by atoms with Crippen LogP contribution in [0.5, 0.6) is 11.5 Å². The maximum Gasteiger partial charge on any atom is 0.338 e. The fourth-order valence-corrected chi connectivity index (χ4v) is 4.24. The molecule has 0 aliphatic carbocycles. The van der Waals surface area contributed by atoms with Crippen molar-refractivity contribution in [2.75, 3.05) is 31.9 Å². The number of aromatic nitrogens is 3. The first-order valence-corrected chi connectivity index (χ1v) is 12.0. The average Bonchev–Trinajstić information content (AvgIpc) is 3.19. The van der Waals surface area contributed by atoms with E-state index in [1.165, 1.54) is 20.0 Å². The normalized spacial score (nSPS) is 15.2. The SMILES string of the molecule is CCCCCCOc1ccc(C2C(C(=O)OC)=C(C)Nc3nc(SCC)nn32)cc1OC. The second kappa shape index (κ2) is 11.3. The van der Waals surface area contributed by atoms with E-state index in [1.807, 2.05) is 32.0 Å². The number of fused-ring (bicyclic) bond motifs is 1. The monoisotopic (exact) mass is 460 g/mol. The molecule has 1 aromatic heterocycles. The second-order valence-electron chi connectivity index (χ2n) is 7.47. The lowest BCUT2D eigenvalue weighted by Crippen LogP contribution is -2.29. The Hall–Kier alpha value is -2.68. The van der Waals surface area contributed by atoms with Crippen molar-refractivity contribution in [3.63, 3.8) is 0 Å². The van der Waals surface area contributed by atoms with Crippen LogP contribution in [0.3, 0.4) is 0 Å². The molecule has 32 heavy (non-hydrogen) atoms. The highest BCUT2D eigenvalue weighted by Crippen LogP contribution is 2.39. The van der Waals surface area contributed by atoms with Gasteiger partial charge >= 0.3 is 5.97 Å². The van der Waals surface area contributed by atoms with E-state index in [9.17, 15) is 4.79 Å². The molecule has 0 saturated heterocycles. The van der Waals surface area contributed by atoms with Gasteiger partial charge in [0, 0.05) is 5.70 Å². The minimum atomic E-state index is -0.495. The van der Waals surface area contributed by atoms with Crippen LogP contribution in [0, 0.1) is 0 Å². The highest BCUT2D eigenvalue weighted by Gasteiger charge is 2.35. The lowest BCUT2D eigenvalue weighted by Gasteiger charge is -2.28. The quantitative estimate of drug-likeness (QED) is 0.290. The van der Waals surface area contributed by atoms with Crippen molar-refractivity contribution in [3.05, 3.63) is 35.0 Å². The zero-order chi connectivity index (χ0) is 23.1. The number of rotatable bonds is 11. The van der Waals surface area contributed by atoms with Crippen molar-refractivity contribution in [3.8, 4) is 11.5 Å². The molecule has 3 rings (SSSR count). The number of anilines is 1. The Kier molecular flexibility index (Phi) is 8.44. The molecule has 1 atom stereocenters. The first kappa shape index (κ1) is 24.0. The van der Waals surface area contributed by atoms with Crippen LogP contribution in [0.25, 0.3) is 0 Å². The Bertz CT molecular complexity index is 973. The van der Waals surface area contributed by atoms with E-state index >= 15 is 0 Å². The first-order valence-electron chi connectivity index (χ1n) is 11.0. The number of nitrogens with zero attached hydrogens (tertiary/aromatic N) is 3. The molecule has 174 valence electrons. The summed E-state index contributed by atoms with van der Waals surface area (Å²) in [4.78, 5) is 17.3. The van der Waals surface area contributed by atoms with Gasteiger partial charge in [-0.25, -0.2) is 9.48 Å². The van der Waals surface area contributed by atoms with E-state index < -0.39 is 12.0 Å². The van der Waals surface area contributed by atoms with Crippen LogP contribution < -0.4 is 14.8 Å². The number of allylic oxidation sites excluding steroid dienone is 1. The van der Waals surface area contributed by atoms with Gasteiger partial charge in [0.25, 0.3) is 0 Å². The molecule has 1 aliphatic heterocycles. The number of thioether (sulfide) groups is 1. The van der Waals surface area contributed by atoms with Crippen molar-refractivity contribution in [2.45, 2.75) is 57.7 Å². The summed E-state index contributed by atoms with van der Waals surface area (Å²) >= 11 is 1.54. The lowest BCUT2D eigenvalue weighted by atomic mass is 9.95. The summed E-state index contributed by atoms with van der Waals surface area (Å²) in [6.45, 7) is 6.72. The van der Waals surface area contributed by atoms with E-state index in [4.69, 9.17) is 14.2 Å². The van der Waals surface area contributed by atoms with Gasteiger partial charge in [0.15, 0.2) is 11.5 Å². The standard InChI is InChI=1S/C23H32N4O4S/c1-6-8-9-10-13-31-17-12-11-16(14-18(17)29-4)20-19(21(28)30-5)15(3)24-22-25-23(32-7-2)26-27(20)22/h11-12,14,20H,6-10,13H2,1-5H3,(H,24,25,26). The Morgan fingerprint density at radius 3 is 2.69 bits per heavy atom. The van der Waals surface area contributed by atoms with E-state index in [0.717, 1.165) is 24.2 Å². The first-order chi connectivity index (χ1) is 15.5. The summed E-state index contributed by atoms with van der Waals surface area (Å²) in [5, 5.41) is 8.49. The fraction of sp³-hybridized carbons (Fsp3) is 0.522. The number of carbonyl (C=O) groups is 1. The largest absolute Gasteiger partial charge is 0.493 e. The molecule has 1 N–H and O–H groups in total. The molecule has 2 heterocycles. The molecule has 0 spiro atoms. The van der Waals surface area contributed by atoms with Gasteiger partial charge in [-0.05, 0) is 36.8 Å². The summed E-state index contributed by atoms with van der Waals surface area (Å²) in [5.74, 6) is 2.32. The highest BCUT2D eigenvalue weighted by molar-refractivity contribution is 7.99. The third kappa shape index (κ3) is 5.20. The molecule has 0 bridgehead atoms. The molecule has 1 aliphatic rings. The maximum absolute atomic E-state index is 12.7. The molecule has 2 aromatic rings. The Morgan fingerprint density at radius 1 is 1.19 bits per heavy atom. The minimum Gasteiger partial charge on any atom is -0.493 e. The van der Waals surface area contributed by atoms with Crippen LogP contribution in [0.1, 0.15) is 58.1 Å². The summed E-state index contributed by atoms with van der Waals surface area (Å²) in [6, 6.07) is 5.23. The van der Waals surface area contributed by atoms with Gasteiger partial charge in [-0.15, -0.1) is 5.10 Å². The average molecular weight is 461 g/mol. The number of unbranched alkanes of at least 4 members (excludes halogenated alkanes) is 3. The molecule has 9 heteroatoms. The molecule has 1 unspecified atom stereocenters. The summed E-state index contributed by atoms with van der Waals surface area (Å²) in [5.41, 5.74) is 2.00. The number of hydrogen-bond acceptors (Lipinski definition) is 8. The number of ether oxygens (including phenoxy) is 3. The van der Waals surface area contributed by atoms with E-state index in [2.05, 4.69) is 22.3 Å². The van der Waals surface area contributed by atoms with Crippen molar-refractivity contribution in [1.29, 1.82) is 0 Å². The van der Waals surface area contributed by atoms with Crippen LogP contribution in [0.15, 0.2) is 34.6 Å². The molecule has 0 amide bonds. The molecular weight excluding hydrogens is 428 g/mol. The summed E-state index contributed by atoms with van der Waals surface area (Å²) < 4.78 is 18.4. The Balaban J connectivity index is 1.96. The number of nitrogens with one attached hydrogen (secondary N) is 1. The fourth-order valence-electron chi connectivity index (χ4n) is 3.69.